The minimum atomic E-state index is -0.260. The number of nitrogens with one attached hydrogen (secondary N) is 1. The number of amides is 1. The second-order valence-corrected chi connectivity index (χ2v) is 4.69. The first kappa shape index (κ1) is 14.6. The topological polar surface area (TPSA) is 96.7 Å². The highest BCUT2D eigenvalue weighted by Gasteiger charge is 2.18. The van der Waals surface area contributed by atoms with E-state index in [2.05, 4.69) is 16.5 Å². The maximum Gasteiger partial charge on any atom is 0.272 e. The molecule has 0 aliphatic carbocycles. The lowest BCUT2D eigenvalue weighted by atomic mass is 10.1. The molecule has 2 rings (SSSR count). The molecule has 0 bridgehead atoms. The van der Waals surface area contributed by atoms with Crippen LogP contribution in [0.1, 0.15) is 41.5 Å². The van der Waals surface area contributed by atoms with Gasteiger partial charge in [-0.1, -0.05) is 12.1 Å². The summed E-state index contributed by atoms with van der Waals surface area (Å²) in [6, 6.07) is 8.97. The van der Waals surface area contributed by atoms with E-state index < -0.39 is 0 Å². The zero-order valence-corrected chi connectivity index (χ0v) is 12.0. The van der Waals surface area contributed by atoms with Crippen molar-refractivity contribution in [2.45, 2.75) is 26.4 Å². The summed E-state index contributed by atoms with van der Waals surface area (Å²) in [5.41, 5.74) is 8.03. The highest BCUT2D eigenvalue weighted by atomic mass is 16.2. The quantitative estimate of drug-likeness (QED) is 0.894. The Hall–Kier alpha value is -2.81. The predicted molar refractivity (Wildman–Crippen MR) is 79.4 cm³/mol. The summed E-state index contributed by atoms with van der Waals surface area (Å²) >= 11 is 0. The number of hydrogen-bond donors (Lipinski definition) is 2. The number of benzene rings is 1. The Morgan fingerprint density at radius 3 is 2.71 bits per heavy atom. The molecule has 0 aliphatic heterocycles. The van der Waals surface area contributed by atoms with Crippen molar-refractivity contribution in [2.75, 3.05) is 5.73 Å². The second kappa shape index (κ2) is 6.09. The van der Waals surface area contributed by atoms with E-state index in [1.54, 1.807) is 16.8 Å². The van der Waals surface area contributed by atoms with Gasteiger partial charge in [0.15, 0.2) is 0 Å². The average molecular weight is 283 g/mol. The van der Waals surface area contributed by atoms with Crippen LogP contribution in [0.15, 0.2) is 30.5 Å². The molecule has 2 aromatic rings. The molecular weight excluding hydrogens is 266 g/mol. The third-order valence-electron chi connectivity index (χ3n) is 3.27. The van der Waals surface area contributed by atoms with Gasteiger partial charge in [0.05, 0.1) is 29.6 Å². The summed E-state index contributed by atoms with van der Waals surface area (Å²) in [6.45, 7) is 4.35. The van der Waals surface area contributed by atoms with Gasteiger partial charge < -0.3 is 11.1 Å². The van der Waals surface area contributed by atoms with Gasteiger partial charge in [-0.3, -0.25) is 9.48 Å². The van der Waals surface area contributed by atoms with Gasteiger partial charge in [0.25, 0.3) is 5.91 Å². The van der Waals surface area contributed by atoms with Gasteiger partial charge in [-0.05, 0) is 31.5 Å². The molecule has 1 heterocycles. The molecule has 1 amide bonds. The molecule has 108 valence electrons. The number of rotatable bonds is 4. The van der Waals surface area contributed by atoms with Crippen LogP contribution in [0.3, 0.4) is 0 Å². The van der Waals surface area contributed by atoms with Gasteiger partial charge in [0.2, 0.25) is 0 Å². The van der Waals surface area contributed by atoms with Crippen molar-refractivity contribution >= 4 is 11.6 Å². The van der Waals surface area contributed by atoms with E-state index in [-0.39, 0.29) is 11.9 Å². The molecule has 1 aromatic heterocycles. The fraction of sp³-hybridized carbons (Fsp3) is 0.267. The zero-order chi connectivity index (χ0) is 15.4. The zero-order valence-electron chi connectivity index (χ0n) is 12.0. The van der Waals surface area contributed by atoms with Gasteiger partial charge in [-0.2, -0.15) is 10.4 Å². The molecule has 0 fully saturated rings. The first-order chi connectivity index (χ1) is 10.1. The van der Waals surface area contributed by atoms with E-state index in [9.17, 15) is 4.79 Å². The number of carbonyl (C=O) groups excluding carboxylic acids is 1. The summed E-state index contributed by atoms with van der Waals surface area (Å²) in [6.07, 6.45) is 1.48. The number of nitriles is 1. The number of aryl methyl sites for hydroxylation is 1. The van der Waals surface area contributed by atoms with Crippen molar-refractivity contribution in [3.8, 4) is 6.07 Å². The maximum atomic E-state index is 12.3. The number of anilines is 1. The number of hydrogen-bond acceptors (Lipinski definition) is 4. The highest BCUT2D eigenvalue weighted by molar-refractivity contribution is 5.97. The standard InChI is InChI=1S/C15H17N5O/c1-3-20-14(13(17)9-18-20)15(21)19-10(2)12-6-4-11(8-16)5-7-12/h4-7,9-10H,3,17H2,1-2H3,(H,19,21). The van der Waals surface area contributed by atoms with Gasteiger partial charge >= 0.3 is 0 Å². The molecule has 0 aliphatic rings. The lowest BCUT2D eigenvalue weighted by molar-refractivity contribution is 0.0930. The van der Waals surface area contributed by atoms with E-state index in [0.29, 0.717) is 23.5 Å². The Bertz CT molecular complexity index is 681. The minimum absolute atomic E-state index is 0.190. The minimum Gasteiger partial charge on any atom is -0.396 e. The summed E-state index contributed by atoms with van der Waals surface area (Å²) in [7, 11) is 0. The fourth-order valence-corrected chi connectivity index (χ4v) is 2.08. The van der Waals surface area contributed by atoms with E-state index in [1.807, 2.05) is 26.0 Å². The van der Waals surface area contributed by atoms with E-state index in [0.717, 1.165) is 5.56 Å². The van der Waals surface area contributed by atoms with E-state index in [4.69, 9.17) is 11.0 Å². The number of aromatic nitrogens is 2. The van der Waals surface area contributed by atoms with Crippen molar-refractivity contribution < 1.29 is 4.79 Å². The molecule has 1 aromatic carbocycles. The van der Waals surface area contributed by atoms with Crippen LogP contribution in [0, 0.1) is 11.3 Å². The van der Waals surface area contributed by atoms with E-state index in [1.165, 1.54) is 6.20 Å². The number of nitrogens with two attached hydrogens (primary N) is 1. The van der Waals surface area contributed by atoms with Crippen molar-refractivity contribution in [3.63, 3.8) is 0 Å². The third-order valence-corrected chi connectivity index (χ3v) is 3.27. The summed E-state index contributed by atoms with van der Waals surface area (Å²) < 4.78 is 1.57. The van der Waals surface area contributed by atoms with Gasteiger partial charge in [-0.25, -0.2) is 0 Å². The molecule has 1 unspecified atom stereocenters. The molecule has 0 spiro atoms. The lowest BCUT2D eigenvalue weighted by Crippen LogP contribution is -2.29. The second-order valence-electron chi connectivity index (χ2n) is 4.69. The van der Waals surface area contributed by atoms with Crippen LogP contribution in [-0.4, -0.2) is 15.7 Å². The molecule has 3 N–H and O–H groups in total. The van der Waals surface area contributed by atoms with Crippen molar-refractivity contribution in [2.24, 2.45) is 0 Å². The summed E-state index contributed by atoms with van der Waals surface area (Å²) in [5.74, 6) is -0.260. The SMILES string of the molecule is CCn1ncc(N)c1C(=O)NC(C)c1ccc(C#N)cc1. The molecule has 6 heteroatoms. The molecular formula is C15H17N5O. The Labute approximate surface area is 123 Å². The largest absolute Gasteiger partial charge is 0.396 e. The van der Waals surface area contributed by atoms with E-state index >= 15 is 0 Å². The fourth-order valence-electron chi connectivity index (χ4n) is 2.08. The molecule has 0 saturated heterocycles. The molecule has 0 saturated carbocycles. The first-order valence-corrected chi connectivity index (χ1v) is 6.69. The van der Waals surface area contributed by atoms with Gasteiger partial charge in [0, 0.05) is 6.54 Å². The monoisotopic (exact) mass is 283 g/mol. The van der Waals surface area contributed by atoms with Crippen molar-refractivity contribution in [1.29, 1.82) is 5.26 Å². The van der Waals surface area contributed by atoms with Crippen LogP contribution in [0.4, 0.5) is 5.69 Å². The summed E-state index contributed by atoms with van der Waals surface area (Å²) in [4.78, 5) is 12.3. The highest BCUT2D eigenvalue weighted by Crippen LogP contribution is 2.16. The lowest BCUT2D eigenvalue weighted by Gasteiger charge is -2.15. The Kier molecular flexibility index (Phi) is 4.24. The first-order valence-electron chi connectivity index (χ1n) is 6.69. The van der Waals surface area contributed by atoms with Crippen molar-refractivity contribution in [3.05, 3.63) is 47.3 Å². The summed E-state index contributed by atoms with van der Waals surface area (Å²) in [5, 5.41) is 15.7. The molecule has 6 nitrogen and oxygen atoms in total. The predicted octanol–water partition coefficient (Wildman–Crippen LogP) is 1.85. The Morgan fingerprint density at radius 2 is 2.14 bits per heavy atom. The number of nitrogen functional groups attached to an aromatic ring is 1. The molecule has 1 atom stereocenters. The van der Waals surface area contributed by atoms with Crippen molar-refractivity contribution in [1.82, 2.24) is 15.1 Å². The van der Waals surface area contributed by atoms with Gasteiger partial charge in [0.1, 0.15) is 5.69 Å². The van der Waals surface area contributed by atoms with Gasteiger partial charge in [-0.15, -0.1) is 0 Å². The van der Waals surface area contributed by atoms with Crippen LogP contribution in [0.5, 0.6) is 0 Å². The smallest absolute Gasteiger partial charge is 0.272 e. The van der Waals surface area contributed by atoms with Crippen LogP contribution < -0.4 is 11.1 Å². The average Bonchev–Trinajstić information content (AvgIpc) is 2.88. The Morgan fingerprint density at radius 1 is 1.48 bits per heavy atom. The number of carbonyl (C=O) groups is 1. The molecule has 21 heavy (non-hydrogen) atoms. The van der Waals surface area contributed by atoms with Crippen LogP contribution in [0.2, 0.25) is 0 Å². The third kappa shape index (κ3) is 3.03. The van der Waals surface area contributed by atoms with Crippen LogP contribution >= 0.6 is 0 Å². The normalized spacial score (nSPS) is 11.7. The number of nitrogens with zero attached hydrogens (tertiary/aromatic N) is 3. The maximum absolute atomic E-state index is 12.3. The van der Waals surface area contributed by atoms with Crippen LogP contribution in [0.25, 0.3) is 0 Å². The molecule has 0 radical (unpaired) electrons. The van der Waals surface area contributed by atoms with Crippen LogP contribution in [-0.2, 0) is 6.54 Å². The Balaban J connectivity index is 2.15.